The second-order valence-corrected chi connectivity index (χ2v) is 4.50. The molecule has 0 fully saturated rings. The Morgan fingerprint density at radius 1 is 1.45 bits per heavy atom. The number of nitrogens with one attached hydrogen (secondary N) is 1. The van der Waals surface area contributed by atoms with Crippen LogP contribution in [0, 0.1) is 0 Å². The minimum Gasteiger partial charge on any atom is -0.480 e. The number of aliphatic imine (C=N–C) groups is 1. The van der Waals surface area contributed by atoms with Crippen molar-refractivity contribution in [3.05, 3.63) is 18.2 Å². The third-order valence-electron chi connectivity index (χ3n) is 2.96. The normalized spacial score (nSPS) is 19.3. The Morgan fingerprint density at radius 2 is 2.30 bits per heavy atom. The second kappa shape index (κ2) is 7.12. The van der Waals surface area contributed by atoms with Gasteiger partial charge in [-0.2, -0.15) is 0 Å². The van der Waals surface area contributed by atoms with E-state index >= 15 is 0 Å². The van der Waals surface area contributed by atoms with Crippen LogP contribution in [-0.2, 0) is 4.74 Å². The molecule has 1 atom stereocenters. The number of anilines is 2. The number of aliphatic hydroxyl groups excluding tert-OH is 1. The first-order chi connectivity index (χ1) is 9.74. The molecule has 110 valence electrons. The first-order valence-corrected chi connectivity index (χ1v) is 6.80. The van der Waals surface area contributed by atoms with E-state index in [9.17, 15) is 0 Å². The summed E-state index contributed by atoms with van der Waals surface area (Å²) in [5.41, 5.74) is 7.29. The summed E-state index contributed by atoms with van der Waals surface area (Å²) in [5, 5.41) is 11.9. The highest BCUT2D eigenvalue weighted by atomic mass is 16.5. The van der Waals surface area contributed by atoms with Gasteiger partial charge in [-0.05, 0) is 24.6 Å². The quantitative estimate of drug-likeness (QED) is 0.539. The van der Waals surface area contributed by atoms with Gasteiger partial charge in [-0.25, -0.2) is 0 Å². The van der Waals surface area contributed by atoms with Crippen LogP contribution in [0.2, 0.25) is 0 Å². The zero-order valence-corrected chi connectivity index (χ0v) is 11.6. The number of hydrogen-bond donors (Lipinski definition) is 3. The van der Waals surface area contributed by atoms with Crippen LogP contribution in [0.1, 0.15) is 13.3 Å². The van der Waals surface area contributed by atoms with Crippen molar-refractivity contribution in [1.82, 2.24) is 0 Å². The summed E-state index contributed by atoms with van der Waals surface area (Å²) in [6, 6.07) is 5.51. The van der Waals surface area contributed by atoms with E-state index in [0.29, 0.717) is 25.4 Å². The molecule has 1 aliphatic rings. The molecule has 0 bridgehead atoms. The number of ether oxygens (including phenoxy) is 2. The maximum atomic E-state index is 8.62. The molecule has 6 heteroatoms. The summed E-state index contributed by atoms with van der Waals surface area (Å²) in [6.45, 7) is 3.42. The van der Waals surface area contributed by atoms with Crippen molar-refractivity contribution in [3.63, 3.8) is 0 Å². The van der Waals surface area contributed by atoms with E-state index in [4.69, 9.17) is 20.3 Å². The predicted octanol–water partition coefficient (Wildman–Crippen LogP) is 1.26. The lowest BCUT2D eigenvalue weighted by Crippen LogP contribution is -2.37. The fraction of sp³-hybridized carbons (Fsp3) is 0.500. The van der Waals surface area contributed by atoms with Gasteiger partial charge in [0.1, 0.15) is 11.6 Å². The molecule has 4 N–H and O–H groups in total. The molecule has 20 heavy (non-hydrogen) atoms. The van der Waals surface area contributed by atoms with Gasteiger partial charge in [0, 0.05) is 5.69 Å². The van der Waals surface area contributed by atoms with Crippen LogP contribution in [0.4, 0.5) is 11.4 Å². The van der Waals surface area contributed by atoms with Gasteiger partial charge in [0.2, 0.25) is 0 Å². The van der Waals surface area contributed by atoms with Crippen molar-refractivity contribution in [2.45, 2.75) is 19.4 Å². The van der Waals surface area contributed by atoms with Gasteiger partial charge in [0.05, 0.1) is 32.1 Å². The number of hydrogen-bond acceptors (Lipinski definition) is 5. The van der Waals surface area contributed by atoms with Crippen LogP contribution >= 0.6 is 0 Å². The Labute approximate surface area is 118 Å². The summed E-state index contributed by atoms with van der Waals surface area (Å²) in [6.07, 6.45) is 0.747. The average Bonchev–Trinajstić information content (AvgIpc) is 2.46. The molecule has 2 rings (SSSR count). The second-order valence-electron chi connectivity index (χ2n) is 4.50. The maximum Gasteiger partial charge on any atom is 0.155 e. The summed E-state index contributed by atoms with van der Waals surface area (Å²) < 4.78 is 11.1. The Balaban J connectivity index is 2.03. The van der Waals surface area contributed by atoms with E-state index in [2.05, 4.69) is 10.3 Å². The fourth-order valence-corrected chi connectivity index (χ4v) is 1.99. The van der Waals surface area contributed by atoms with Crippen LogP contribution in [0.3, 0.4) is 0 Å². The van der Waals surface area contributed by atoms with E-state index in [1.165, 1.54) is 0 Å². The first kappa shape index (κ1) is 14.6. The lowest BCUT2D eigenvalue weighted by Gasteiger charge is -2.28. The number of nitrogens with two attached hydrogens (primary N) is 1. The molecular weight excluding hydrogens is 258 g/mol. The largest absolute Gasteiger partial charge is 0.480 e. The van der Waals surface area contributed by atoms with Crippen molar-refractivity contribution < 1.29 is 14.6 Å². The number of fused-ring (bicyclic) bond motifs is 1. The zero-order valence-electron chi connectivity index (χ0n) is 11.6. The molecule has 0 saturated carbocycles. The van der Waals surface area contributed by atoms with E-state index < -0.39 is 0 Å². The molecule has 0 radical (unpaired) electrons. The number of rotatable bonds is 6. The number of nitrogen functional groups attached to an aromatic ring is 1. The monoisotopic (exact) mass is 279 g/mol. The van der Waals surface area contributed by atoms with Crippen molar-refractivity contribution in [2.75, 3.05) is 37.4 Å². The Morgan fingerprint density at radius 3 is 3.05 bits per heavy atom. The molecule has 0 saturated heterocycles. The summed E-state index contributed by atoms with van der Waals surface area (Å²) in [4.78, 5) is 4.47. The number of amidine groups is 1. The highest BCUT2D eigenvalue weighted by Crippen LogP contribution is 2.32. The first-order valence-electron chi connectivity index (χ1n) is 6.80. The molecule has 1 heterocycles. The molecule has 1 aromatic rings. The molecule has 1 unspecified atom stereocenters. The van der Waals surface area contributed by atoms with Gasteiger partial charge in [-0.3, -0.25) is 4.99 Å². The molecule has 0 spiro atoms. The van der Waals surface area contributed by atoms with Crippen molar-refractivity contribution in [1.29, 1.82) is 0 Å². The van der Waals surface area contributed by atoms with Gasteiger partial charge in [-0.15, -0.1) is 0 Å². The highest BCUT2D eigenvalue weighted by molar-refractivity contribution is 6.02. The van der Waals surface area contributed by atoms with Crippen LogP contribution in [0.15, 0.2) is 23.2 Å². The average molecular weight is 279 g/mol. The zero-order chi connectivity index (χ0) is 14.4. The summed E-state index contributed by atoms with van der Waals surface area (Å²) in [5.74, 6) is 1.58. The van der Waals surface area contributed by atoms with E-state index in [1.807, 2.05) is 25.1 Å². The van der Waals surface area contributed by atoms with E-state index in [1.54, 1.807) is 0 Å². The van der Waals surface area contributed by atoms with Gasteiger partial charge >= 0.3 is 0 Å². The maximum absolute atomic E-state index is 8.62. The number of nitrogens with zero attached hydrogens (tertiary/aromatic N) is 1. The number of aliphatic hydroxyl groups is 1. The predicted molar refractivity (Wildman–Crippen MR) is 79.4 cm³/mol. The molecular formula is C14H21N3O3. The third kappa shape index (κ3) is 3.61. The van der Waals surface area contributed by atoms with Crippen molar-refractivity contribution in [2.24, 2.45) is 4.99 Å². The molecule has 1 aliphatic heterocycles. The smallest absolute Gasteiger partial charge is 0.155 e. The molecule has 6 nitrogen and oxygen atoms in total. The minimum absolute atomic E-state index is 0.0299. The SMILES string of the molecule is CCC1Oc2ccc(N)cc2NC1=NCCOCCO. The van der Waals surface area contributed by atoms with Gasteiger partial charge in [0.25, 0.3) is 0 Å². The third-order valence-corrected chi connectivity index (χ3v) is 2.96. The van der Waals surface area contributed by atoms with Crippen molar-refractivity contribution >= 4 is 17.2 Å². The molecule has 0 aliphatic carbocycles. The minimum atomic E-state index is -0.0797. The van der Waals surface area contributed by atoms with Gasteiger partial charge in [-0.1, -0.05) is 6.92 Å². The summed E-state index contributed by atoms with van der Waals surface area (Å²) >= 11 is 0. The summed E-state index contributed by atoms with van der Waals surface area (Å²) in [7, 11) is 0. The van der Waals surface area contributed by atoms with E-state index in [0.717, 1.165) is 23.7 Å². The molecule has 1 aromatic carbocycles. The Kier molecular flexibility index (Phi) is 5.20. The van der Waals surface area contributed by atoms with Crippen LogP contribution < -0.4 is 15.8 Å². The van der Waals surface area contributed by atoms with E-state index in [-0.39, 0.29) is 12.7 Å². The van der Waals surface area contributed by atoms with Gasteiger partial charge in [0.15, 0.2) is 6.10 Å². The van der Waals surface area contributed by atoms with Crippen molar-refractivity contribution in [3.8, 4) is 5.75 Å². The molecule has 0 amide bonds. The van der Waals surface area contributed by atoms with Crippen LogP contribution in [-0.4, -0.2) is 43.4 Å². The van der Waals surface area contributed by atoms with Gasteiger partial charge < -0.3 is 25.6 Å². The standard InChI is InChI=1S/C14H21N3O3/c1-2-12-14(16-5-7-19-8-6-18)17-11-9-10(15)3-4-13(11)20-12/h3-4,9,12,18H,2,5-8,15H2,1H3,(H,16,17). The Hall–Kier alpha value is -1.79. The van der Waals surface area contributed by atoms with Crippen LogP contribution in [0.5, 0.6) is 5.75 Å². The molecule has 0 aromatic heterocycles. The van der Waals surface area contributed by atoms with Crippen LogP contribution in [0.25, 0.3) is 0 Å². The Bertz CT molecular complexity index is 477. The highest BCUT2D eigenvalue weighted by Gasteiger charge is 2.24. The number of benzene rings is 1. The lowest BCUT2D eigenvalue weighted by atomic mass is 10.1. The topological polar surface area (TPSA) is 89.1 Å². The fourth-order valence-electron chi connectivity index (χ4n) is 1.99. The lowest BCUT2D eigenvalue weighted by molar-refractivity contribution is 0.0976.